The molecule has 0 aromatic carbocycles. The van der Waals surface area contributed by atoms with Crippen LogP contribution < -0.4 is 0 Å². The lowest BCUT2D eigenvalue weighted by atomic mass is 9.85. The fourth-order valence-electron chi connectivity index (χ4n) is 2.82. The molecule has 0 atom stereocenters. The monoisotopic (exact) mass is 267 g/mol. The van der Waals surface area contributed by atoms with Crippen molar-refractivity contribution < 1.29 is 9.59 Å². The highest BCUT2D eigenvalue weighted by Gasteiger charge is 2.30. The lowest BCUT2D eigenvalue weighted by Crippen LogP contribution is -2.43. The molecule has 0 aromatic rings. The van der Waals surface area contributed by atoms with E-state index in [1.165, 1.54) is 6.42 Å². The van der Waals surface area contributed by atoms with Crippen LogP contribution >= 0.6 is 0 Å². The predicted molar refractivity (Wildman–Crippen MR) is 77.8 cm³/mol. The normalized spacial score (nSPS) is 16.9. The van der Waals surface area contributed by atoms with Gasteiger partial charge in [-0.05, 0) is 24.7 Å². The van der Waals surface area contributed by atoms with E-state index in [0.29, 0.717) is 24.9 Å². The van der Waals surface area contributed by atoms with E-state index < -0.39 is 0 Å². The van der Waals surface area contributed by atoms with Gasteiger partial charge < -0.3 is 4.90 Å². The van der Waals surface area contributed by atoms with E-state index in [0.717, 1.165) is 25.7 Å². The zero-order valence-corrected chi connectivity index (χ0v) is 12.9. The molecule has 0 unspecified atom stereocenters. The summed E-state index contributed by atoms with van der Waals surface area (Å²) in [7, 11) is 0. The van der Waals surface area contributed by atoms with Gasteiger partial charge in [-0.1, -0.05) is 47.0 Å². The van der Waals surface area contributed by atoms with E-state index >= 15 is 0 Å². The maximum absolute atomic E-state index is 12.4. The molecule has 19 heavy (non-hydrogen) atoms. The molecule has 0 aromatic heterocycles. The minimum absolute atomic E-state index is 0.0110. The molecule has 1 aliphatic carbocycles. The van der Waals surface area contributed by atoms with Crippen LogP contribution in [0.15, 0.2) is 0 Å². The van der Waals surface area contributed by atoms with Crippen LogP contribution in [0.3, 0.4) is 0 Å². The predicted octanol–water partition coefficient (Wildman–Crippen LogP) is 3.28. The fourth-order valence-corrected chi connectivity index (χ4v) is 2.82. The first kappa shape index (κ1) is 16.2. The van der Waals surface area contributed by atoms with Crippen molar-refractivity contribution in [2.24, 2.45) is 17.8 Å². The zero-order valence-electron chi connectivity index (χ0n) is 12.9. The first-order chi connectivity index (χ1) is 8.91. The van der Waals surface area contributed by atoms with Crippen LogP contribution in [-0.2, 0) is 9.59 Å². The number of rotatable bonds is 6. The van der Waals surface area contributed by atoms with Gasteiger partial charge in [0, 0.05) is 19.0 Å². The summed E-state index contributed by atoms with van der Waals surface area (Å²) in [6.45, 7) is 9.74. The number of hydrogen-bond donors (Lipinski definition) is 0. The van der Waals surface area contributed by atoms with Gasteiger partial charge in [0.15, 0.2) is 0 Å². The third-order valence-electron chi connectivity index (χ3n) is 3.65. The average Bonchev–Trinajstić information content (AvgIpc) is 2.36. The maximum atomic E-state index is 12.4. The average molecular weight is 267 g/mol. The van der Waals surface area contributed by atoms with E-state index in [9.17, 15) is 9.59 Å². The Bertz CT molecular complexity index is 294. The maximum Gasteiger partial charge on any atom is 0.290 e. The van der Waals surface area contributed by atoms with Gasteiger partial charge in [-0.3, -0.25) is 9.59 Å². The summed E-state index contributed by atoms with van der Waals surface area (Å²) in [5.74, 6) is 0.419. The van der Waals surface area contributed by atoms with Crippen molar-refractivity contribution in [3.8, 4) is 0 Å². The molecule has 1 amide bonds. The van der Waals surface area contributed by atoms with Gasteiger partial charge in [-0.25, -0.2) is 0 Å². The number of nitrogens with zero attached hydrogens (tertiary/aromatic N) is 1. The minimum atomic E-state index is -0.241. The zero-order chi connectivity index (χ0) is 14.4. The molecule has 1 saturated carbocycles. The largest absolute Gasteiger partial charge is 0.336 e. The number of ketones is 1. The van der Waals surface area contributed by atoms with Gasteiger partial charge in [0.1, 0.15) is 0 Å². The second-order valence-corrected chi connectivity index (χ2v) is 6.70. The van der Waals surface area contributed by atoms with Gasteiger partial charge in [0.05, 0.1) is 0 Å². The SMILES string of the molecule is CC(C)CN(CC(C)C)C(=O)C(=O)C1CCCCC1. The quantitative estimate of drug-likeness (QED) is 0.693. The Balaban J connectivity index is 2.65. The van der Waals surface area contributed by atoms with Crippen LogP contribution in [0.2, 0.25) is 0 Å². The second-order valence-electron chi connectivity index (χ2n) is 6.70. The molecule has 1 rings (SSSR count). The Kier molecular flexibility index (Phi) is 6.53. The van der Waals surface area contributed by atoms with Crippen molar-refractivity contribution in [2.45, 2.75) is 59.8 Å². The molecule has 3 nitrogen and oxygen atoms in total. The van der Waals surface area contributed by atoms with Gasteiger partial charge in [0.25, 0.3) is 5.91 Å². The number of hydrogen-bond acceptors (Lipinski definition) is 2. The Hall–Kier alpha value is -0.860. The minimum Gasteiger partial charge on any atom is -0.336 e. The summed E-state index contributed by atoms with van der Waals surface area (Å²) < 4.78 is 0. The van der Waals surface area contributed by atoms with Crippen molar-refractivity contribution >= 4 is 11.7 Å². The van der Waals surface area contributed by atoms with Crippen LogP contribution in [0.4, 0.5) is 0 Å². The summed E-state index contributed by atoms with van der Waals surface area (Å²) in [5.41, 5.74) is 0. The Morgan fingerprint density at radius 1 is 0.947 bits per heavy atom. The van der Waals surface area contributed by atoms with E-state index in [1.807, 2.05) is 0 Å². The van der Waals surface area contributed by atoms with Crippen LogP contribution in [0, 0.1) is 17.8 Å². The molecule has 0 N–H and O–H groups in total. The summed E-state index contributed by atoms with van der Waals surface area (Å²) in [6.07, 6.45) is 5.21. The van der Waals surface area contributed by atoms with E-state index in [4.69, 9.17) is 0 Å². The van der Waals surface area contributed by atoms with Crippen LogP contribution in [-0.4, -0.2) is 29.7 Å². The number of Topliss-reactive ketones (excluding diaryl/α,β-unsaturated/α-hetero) is 1. The fraction of sp³-hybridized carbons (Fsp3) is 0.875. The smallest absolute Gasteiger partial charge is 0.290 e. The molecule has 0 spiro atoms. The third kappa shape index (κ3) is 5.33. The molecular weight excluding hydrogens is 238 g/mol. The van der Waals surface area contributed by atoms with Gasteiger partial charge in [-0.15, -0.1) is 0 Å². The van der Waals surface area contributed by atoms with Crippen molar-refractivity contribution in [3.63, 3.8) is 0 Å². The Morgan fingerprint density at radius 3 is 1.84 bits per heavy atom. The molecule has 0 aliphatic heterocycles. The molecule has 110 valence electrons. The first-order valence-electron chi connectivity index (χ1n) is 7.75. The molecule has 3 heteroatoms. The van der Waals surface area contributed by atoms with E-state index in [-0.39, 0.29) is 17.6 Å². The topological polar surface area (TPSA) is 37.4 Å². The highest BCUT2D eigenvalue weighted by Crippen LogP contribution is 2.25. The Morgan fingerprint density at radius 2 is 1.42 bits per heavy atom. The van der Waals surface area contributed by atoms with Crippen molar-refractivity contribution in [3.05, 3.63) is 0 Å². The lowest BCUT2D eigenvalue weighted by molar-refractivity contribution is -0.148. The number of carbonyl (C=O) groups excluding carboxylic acids is 2. The molecule has 1 aliphatic rings. The third-order valence-corrected chi connectivity index (χ3v) is 3.65. The number of carbonyl (C=O) groups is 2. The highest BCUT2D eigenvalue weighted by atomic mass is 16.2. The van der Waals surface area contributed by atoms with Crippen LogP contribution in [0.25, 0.3) is 0 Å². The summed E-state index contributed by atoms with van der Waals surface area (Å²) in [5, 5.41) is 0. The van der Waals surface area contributed by atoms with Crippen LogP contribution in [0.5, 0.6) is 0 Å². The lowest BCUT2D eigenvalue weighted by Gasteiger charge is -2.28. The van der Waals surface area contributed by atoms with E-state index in [2.05, 4.69) is 27.7 Å². The van der Waals surface area contributed by atoms with Gasteiger partial charge in [0.2, 0.25) is 5.78 Å². The molecule has 0 bridgehead atoms. The van der Waals surface area contributed by atoms with E-state index in [1.54, 1.807) is 4.90 Å². The van der Waals surface area contributed by atoms with Crippen molar-refractivity contribution in [2.75, 3.05) is 13.1 Å². The van der Waals surface area contributed by atoms with Gasteiger partial charge >= 0.3 is 0 Å². The first-order valence-corrected chi connectivity index (χ1v) is 7.75. The summed E-state index contributed by atoms with van der Waals surface area (Å²) in [6, 6.07) is 0. The standard InChI is InChI=1S/C16H29NO2/c1-12(2)10-17(11-13(3)4)16(19)15(18)14-8-6-5-7-9-14/h12-14H,5-11H2,1-4H3. The summed E-state index contributed by atoms with van der Waals surface area (Å²) in [4.78, 5) is 26.5. The molecule has 0 heterocycles. The molecular formula is C16H29NO2. The van der Waals surface area contributed by atoms with Crippen molar-refractivity contribution in [1.82, 2.24) is 4.90 Å². The summed E-state index contributed by atoms with van der Waals surface area (Å²) >= 11 is 0. The number of amides is 1. The van der Waals surface area contributed by atoms with Crippen LogP contribution in [0.1, 0.15) is 59.8 Å². The molecule has 0 saturated heterocycles. The Labute approximate surface area is 117 Å². The highest BCUT2D eigenvalue weighted by molar-refractivity contribution is 6.36. The molecule has 1 fully saturated rings. The second kappa shape index (κ2) is 7.66. The van der Waals surface area contributed by atoms with Crippen molar-refractivity contribution in [1.29, 1.82) is 0 Å². The van der Waals surface area contributed by atoms with Gasteiger partial charge in [-0.2, -0.15) is 0 Å². The molecule has 0 radical (unpaired) electrons.